The van der Waals surface area contributed by atoms with Crippen molar-refractivity contribution >= 4 is 0 Å². The Morgan fingerprint density at radius 1 is 1.10 bits per heavy atom. The molecule has 1 N–H and O–H groups in total. The standard InChI is InChI=1S/C16H16FNO2/c1-11-7-14(17)6-5-12(11)8-18-9-13-3-2-4-15-16(13)20-10-19-15/h2-7,18H,8-10H2,1H3. The van der Waals surface area contributed by atoms with E-state index in [9.17, 15) is 4.39 Å². The van der Waals surface area contributed by atoms with Gasteiger partial charge >= 0.3 is 0 Å². The van der Waals surface area contributed by atoms with E-state index >= 15 is 0 Å². The SMILES string of the molecule is Cc1cc(F)ccc1CNCc1cccc2c1OCO2. The molecule has 0 saturated carbocycles. The zero-order valence-corrected chi connectivity index (χ0v) is 11.3. The van der Waals surface area contributed by atoms with Gasteiger partial charge in [-0.3, -0.25) is 0 Å². The normalized spacial score (nSPS) is 12.7. The molecular formula is C16H16FNO2. The van der Waals surface area contributed by atoms with Crippen LogP contribution in [0.15, 0.2) is 36.4 Å². The van der Waals surface area contributed by atoms with Crippen molar-refractivity contribution in [2.45, 2.75) is 20.0 Å². The predicted molar refractivity (Wildman–Crippen MR) is 74.2 cm³/mol. The molecule has 0 saturated heterocycles. The maximum atomic E-state index is 13.0. The Labute approximate surface area is 117 Å². The predicted octanol–water partition coefficient (Wildman–Crippen LogP) is 3.15. The molecule has 0 spiro atoms. The van der Waals surface area contributed by atoms with Gasteiger partial charge in [0.1, 0.15) is 5.82 Å². The Bertz CT molecular complexity index is 628. The van der Waals surface area contributed by atoms with Gasteiger partial charge < -0.3 is 14.8 Å². The van der Waals surface area contributed by atoms with Crippen LogP contribution in [0.2, 0.25) is 0 Å². The number of rotatable bonds is 4. The van der Waals surface area contributed by atoms with Crippen LogP contribution in [0.5, 0.6) is 11.5 Å². The molecule has 104 valence electrons. The van der Waals surface area contributed by atoms with Crippen molar-refractivity contribution in [2.75, 3.05) is 6.79 Å². The van der Waals surface area contributed by atoms with Crippen LogP contribution in [0.3, 0.4) is 0 Å². The molecular weight excluding hydrogens is 257 g/mol. The van der Waals surface area contributed by atoms with Crippen molar-refractivity contribution in [1.29, 1.82) is 0 Å². The maximum absolute atomic E-state index is 13.0. The van der Waals surface area contributed by atoms with Crippen molar-refractivity contribution in [3.8, 4) is 11.5 Å². The molecule has 20 heavy (non-hydrogen) atoms. The van der Waals surface area contributed by atoms with Crippen molar-refractivity contribution < 1.29 is 13.9 Å². The van der Waals surface area contributed by atoms with Crippen LogP contribution >= 0.6 is 0 Å². The Morgan fingerprint density at radius 2 is 1.95 bits per heavy atom. The summed E-state index contributed by atoms with van der Waals surface area (Å²) in [5.74, 6) is 1.41. The molecule has 3 rings (SSSR count). The van der Waals surface area contributed by atoms with E-state index in [-0.39, 0.29) is 12.6 Å². The zero-order valence-electron chi connectivity index (χ0n) is 11.3. The van der Waals surface area contributed by atoms with Crippen LogP contribution in [-0.2, 0) is 13.1 Å². The highest BCUT2D eigenvalue weighted by Gasteiger charge is 2.16. The van der Waals surface area contributed by atoms with E-state index in [2.05, 4.69) is 5.32 Å². The molecule has 2 aromatic rings. The number of para-hydroxylation sites is 1. The number of hydrogen-bond acceptors (Lipinski definition) is 3. The Morgan fingerprint density at radius 3 is 2.80 bits per heavy atom. The summed E-state index contributed by atoms with van der Waals surface area (Å²) in [6.45, 7) is 3.57. The molecule has 3 nitrogen and oxygen atoms in total. The summed E-state index contributed by atoms with van der Waals surface area (Å²) in [7, 11) is 0. The van der Waals surface area contributed by atoms with E-state index in [1.54, 1.807) is 6.07 Å². The molecule has 1 aliphatic rings. The molecule has 4 heteroatoms. The minimum absolute atomic E-state index is 0.197. The van der Waals surface area contributed by atoms with Crippen LogP contribution < -0.4 is 14.8 Å². The van der Waals surface area contributed by atoms with Crippen molar-refractivity contribution in [1.82, 2.24) is 5.32 Å². The lowest BCUT2D eigenvalue weighted by molar-refractivity contribution is 0.173. The number of halogens is 1. The van der Waals surface area contributed by atoms with Crippen molar-refractivity contribution in [3.63, 3.8) is 0 Å². The fourth-order valence-electron chi connectivity index (χ4n) is 2.32. The molecule has 0 radical (unpaired) electrons. The van der Waals surface area contributed by atoms with Gasteiger partial charge in [-0.2, -0.15) is 0 Å². The van der Waals surface area contributed by atoms with Gasteiger partial charge in [0.25, 0.3) is 0 Å². The second-order valence-corrected chi connectivity index (χ2v) is 4.83. The van der Waals surface area contributed by atoms with Gasteiger partial charge in [0.05, 0.1) is 0 Å². The molecule has 1 heterocycles. The second kappa shape index (κ2) is 5.51. The average molecular weight is 273 g/mol. The molecule has 0 aromatic heterocycles. The number of fused-ring (bicyclic) bond motifs is 1. The Balaban J connectivity index is 1.64. The Kier molecular flexibility index (Phi) is 3.56. The van der Waals surface area contributed by atoms with E-state index in [0.29, 0.717) is 13.1 Å². The summed E-state index contributed by atoms with van der Waals surface area (Å²) in [6.07, 6.45) is 0. The van der Waals surface area contributed by atoms with E-state index in [1.165, 1.54) is 6.07 Å². The summed E-state index contributed by atoms with van der Waals surface area (Å²) in [6, 6.07) is 10.7. The Hall–Kier alpha value is -2.07. The largest absolute Gasteiger partial charge is 0.454 e. The second-order valence-electron chi connectivity index (χ2n) is 4.83. The van der Waals surface area contributed by atoms with Gasteiger partial charge in [0, 0.05) is 18.7 Å². The molecule has 2 aromatic carbocycles. The lowest BCUT2D eigenvalue weighted by Gasteiger charge is -2.09. The highest BCUT2D eigenvalue weighted by Crippen LogP contribution is 2.35. The van der Waals surface area contributed by atoms with Crippen LogP contribution in [0.1, 0.15) is 16.7 Å². The summed E-state index contributed by atoms with van der Waals surface area (Å²) in [5.41, 5.74) is 3.12. The topological polar surface area (TPSA) is 30.5 Å². The minimum atomic E-state index is -0.197. The van der Waals surface area contributed by atoms with Gasteiger partial charge in [0.2, 0.25) is 6.79 Å². The maximum Gasteiger partial charge on any atom is 0.231 e. The molecule has 0 bridgehead atoms. The first-order valence-electron chi connectivity index (χ1n) is 6.57. The number of ether oxygens (including phenoxy) is 2. The smallest absolute Gasteiger partial charge is 0.231 e. The number of nitrogens with one attached hydrogen (secondary N) is 1. The highest BCUT2D eigenvalue weighted by molar-refractivity contribution is 5.48. The van der Waals surface area contributed by atoms with Gasteiger partial charge in [-0.15, -0.1) is 0 Å². The lowest BCUT2D eigenvalue weighted by Crippen LogP contribution is -2.14. The summed E-state index contributed by atoms with van der Waals surface area (Å²) >= 11 is 0. The van der Waals surface area contributed by atoms with E-state index in [4.69, 9.17) is 9.47 Å². The fourth-order valence-corrected chi connectivity index (χ4v) is 2.32. The third kappa shape index (κ3) is 2.60. The third-order valence-electron chi connectivity index (χ3n) is 3.41. The summed E-state index contributed by atoms with van der Waals surface area (Å²) < 4.78 is 23.8. The van der Waals surface area contributed by atoms with Gasteiger partial charge in [-0.05, 0) is 36.2 Å². The van der Waals surface area contributed by atoms with Crippen LogP contribution in [0.25, 0.3) is 0 Å². The molecule has 0 amide bonds. The first-order chi connectivity index (χ1) is 9.74. The molecule has 0 unspecified atom stereocenters. The monoisotopic (exact) mass is 273 g/mol. The van der Waals surface area contributed by atoms with Gasteiger partial charge in [-0.1, -0.05) is 18.2 Å². The number of hydrogen-bond donors (Lipinski definition) is 1. The summed E-state index contributed by atoms with van der Waals surface area (Å²) in [5, 5.41) is 3.35. The molecule has 0 aliphatic carbocycles. The van der Waals surface area contributed by atoms with Crippen molar-refractivity contribution in [2.24, 2.45) is 0 Å². The van der Waals surface area contributed by atoms with E-state index in [1.807, 2.05) is 31.2 Å². The highest BCUT2D eigenvalue weighted by atomic mass is 19.1. The first kappa shape index (κ1) is 12.9. The molecule has 1 aliphatic heterocycles. The lowest BCUT2D eigenvalue weighted by atomic mass is 10.1. The summed E-state index contributed by atoms with van der Waals surface area (Å²) in [4.78, 5) is 0. The van der Waals surface area contributed by atoms with E-state index < -0.39 is 0 Å². The van der Waals surface area contributed by atoms with Crippen LogP contribution in [0.4, 0.5) is 4.39 Å². The number of benzene rings is 2. The molecule has 0 atom stereocenters. The molecule has 0 fully saturated rings. The zero-order chi connectivity index (χ0) is 13.9. The number of aryl methyl sites for hydroxylation is 1. The third-order valence-corrected chi connectivity index (χ3v) is 3.41. The van der Waals surface area contributed by atoms with E-state index in [0.717, 1.165) is 28.2 Å². The van der Waals surface area contributed by atoms with Crippen LogP contribution in [-0.4, -0.2) is 6.79 Å². The van der Waals surface area contributed by atoms with Gasteiger partial charge in [0.15, 0.2) is 11.5 Å². The average Bonchev–Trinajstić information content (AvgIpc) is 2.90. The minimum Gasteiger partial charge on any atom is -0.454 e. The quantitative estimate of drug-likeness (QED) is 0.928. The fraction of sp³-hybridized carbons (Fsp3) is 0.250. The van der Waals surface area contributed by atoms with Gasteiger partial charge in [-0.25, -0.2) is 4.39 Å². The van der Waals surface area contributed by atoms with Crippen LogP contribution in [0, 0.1) is 12.7 Å². The first-order valence-corrected chi connectivity index (χ1v) is 6.57. The van der Waals surface area contributed by atoms with Crippen molar-refractivity contribution in [3.05, 3.63) is 58.9 Å².